The molecule has 5 nitrogen and oxygen atoms in total. The predicted octanol–water partition coefficient (Wildman–Crippen LogP) is 2.89. The van der Waals surface area contributed by atoms with E-state index in [1.165, 1.54) is 16.9 Å². The van der Waals surface area contributed by atoms with Crippen molar-refractivity contribution in [1.29, 1.82) is 0 Å². The first-order chi connectivity index (χ1) is 11.3. The van der Waals surface area contributed by atoms with Gasteiger partial charge in [-0.25, -0.2) is 15.0 Å². The van der Waals surface area contributed by atoms with E-state index in [4.69, 9.17) is 0 Å². The van der Waals surface area contributed by atoms with Gasteiger partial charge in [0.05, 0.1) is 0 Å². The second-order valence-corrected chi connectivity index (χ2v) is 6.30. The van der Waals surface area contributed by atoms with Crippen molar-refractivity contribution in [3.8, 4) is 10.8 Å². The van der Waals surface area contributed by atoms with Gasteiger partial charge in [0.1, 0.15) is 5.69 Å². The molecule has 0 aliphatic heterocycles. The van der Waals surface area contributed by atoms with Crippen LogP contribution in [0.4, 0.5) is 0 Å². The van der Waals surface area contributed by atoms with Gasteiger partial charge >= 0.3 is 0 Å². The van der Waals surface area contributed by atoms with Crippen LogP contribution in [0.5, 0.6) is 0 Å². The van der Waals surface area contributed by atoms with Crippen molar-refractivity contribution < 1.29 is 4.79 Å². The summed E-state index contributed by atoms with van der Waals surface area (Å²) >= 11 is 1.38. The van der Waals surface area contributed by atoms with Crippen molar-refractivity contribution >= 4 is 17.2 Å². The number of thiazole rings is 1. The van der Waals surface area contributed by atoms with E-state index in [0.717, 1.165) is 6.42 Å². The zero-order valence-electron chi connectivity index (χ0n) is 12.2. The van der Waals surface area contributed by atoms with Crippen LogP contribution in [-0.2, 0) is 0 Å². The third-order valence-corrected chi connectivity index (χ3v) is 4.67. The van der Waals surface area contributed by atoms with Crippen LogP contribution in [0.25, 0.3) is 10.8 Å². The van der Waals surface area contributed by atoms with Crippen LogP contribution in [0.2, 0.25) is 0 Å². The summed E-state index contributed by atoms with van der Waals surface area (Å²) in [5.41, 5.74) is 1.70. The van der Waals surface area contributed by atoms with Crippen molar-refractivity contribution in [1.82, 2.24) is 20.3 Å². The van der Waals surface area contributed by atoms with Gasteiger partial charge in [0.15, 0.2) is 10.8 Å². The van der Waals surface area contributed by atoms with Gasteiger partial charge in [0.2, 0.25) is 0 Å². The molecule has 2 heterocycles. The lowest BCUT2D eigenvalue weighted by Gasteiger charge is -2.02. The lowest BCUT2D eigenvalue weighted by molar-refractivity contribution is 0.0946. The Hall–Kier alpha value is -2.60. The van der Waals surface area contributed by atoms with Gasteiger partial charge in [-0.1, -0.05) is 30.3 Å². The molecule has 1 aliphatic carbocycles. The predicted molar refractivity (Wildman–Crippen MR) is 88.2 cm³/mol. The van der Waals surface area contributed by atoms with Gasteiger partial charge in [0, 0.05) is 29.7 Å². The minimum Gasteiger partial charge on any atom is -0.347 e. The highest BCUT2D eigenvalue weighted by Crippen LogP contribution is 2.40. The summed E-state index contributed by atoms with van der Waals surface area (Å²) in [7, 11) is 0. The molecule has 1 fully saturated rings. The maximum Gasteiger partial charge on any atom is 0.271 e. The van der Waals surface area contributed by atoms with Gasteiger partial charge in [-0.2, -0.15) is 0 Å². The molecule has 6 heteroatoms. The fourth-order valence-corrected chi connectivity index (χ4v) is 3.30. The molecule has 114 valence electrons. The Morgan fingerprint density at radius 2 is 1.91 bits per heavy atom. The van der Waals surface area contributed by atoms with Crippen molar-refractivity contribution in [2.45, 2.75) is 18.4 Å². The highest BCUT2D eigenvalue weighted by atomic mass is 32.1. The number of rotatable bonds is 4. The highest BCUT2D eigenvalue weighted by molar-refractivity contribution is 7.13. The lowest BCUT2D eigenvalue weighted by atomic mass is 10.1. The summed E-state index contributed by atoms with van der Waals surface area (Å²) in [4.78, 5) is 25.0. The van der Waals surface area contributed by atoms with E-state index in [0.29, 0.717) is 22.4 Å². The Labute approximate surface area is 137 Å². The van der Waals surface area contributed by atoms with Gasteiger partial charge in [-0.05, 0) is 18.1 Å². The zero-order chi connectivity index (χ0) is 15.6. The van der Waals surface area contributed by atoms with Crippen molar-refractivity contribution in [3.05, 3.63) is 65.4 Å². The highest BCUT2D eigenvalue weighted by Gasteiger charge is 2.39. The number of nitrogens with one attached hydrogen (secondary N) is 1. The number of hydrogen-bond donors (Lipinski definition) is 1. The summed E-state index contributed by atoms with van der Waals surface area (Å²) in [5, 5.41) is 5.46. The molecule has 1 saturated carbocycles. The Morgan fingerprint density at radius 3 is 2.70 bits per heavy atom. The molecular formula is C17H14N4OS. The largest absolute Gasteiger partial charge is 0.347 e. The van der Waals surface area contributed by atoms with E-state index >= 15 is 0 Å². The normalized spacial score (nSPS) is 19.3. The topological polar surface area (TPSA) is 67.8 Å². The number of hydrogen-bond acceptors (Lipinski definition) is 5. The molecule has 0 saturated heterocycles. The molecule has 3 aromatic rings. The van der Waals surface area contributed by atoms with Crippen LogP contribution in [0.1, 0.15) is 28.4 Å². The van der Waals surface area contributed by atoms with Gasteiger partial charge in [-0.15, -0.1) is 11.3 Å². The SMILES string of the molecule is O=C(NC1CC1c1ccccc1)c1csc(-c2ncccn2)n1. The molecule has 0 spiro atoms. The minimum atomic E-state index is -0.133. The molecule has 0 bridgehead atoms. The van der Waals surface area contributed by atoms with Crippen LogP contribution in [0.15, 0.2) is 54.2 Å². The summed E-state index contributed by atoms with van der Waals surface area (Å²) in [6.45, 7) is 0. The fourth-order valence-electron chi connectivity index (χ4n) is 2.56. The minimum absolute atomic E-state index is 0.133. The Morgan fingerprint density at radius 1 is 1.13 bits per heavy atom. The van der Waals surface area contributed by atoms with Gasteiger partial charge in [0.25, 0.3) is 5.91 Å². The molecule has 0 radical (unpaired) electrons. The first-order valence-corrected chi connectivity index (χ1v) is 8.28. The van der Waals surface area contributed by atoms with Gasteiger partial charge in [-0.3, -0.25) is 4.79 Å². The third-order valence-electron chi connectivity index (χ3n) is 3.83. The lowest BCUT2D eigenvalue weighted by Crippen LogP contribution is -2.26. The van der Waals surface area contributed by atoms with Gasteiger partial charge < -0.3 is 5.32 Å². The maximum atomic E-state index is 12.3. The summed E-state index contributed by atoms with van der Waals surface area (Å²) in [6, 6.07) is 12.2. The number of nitrogens with zero attached hydrogens (tertiary/aromatic N) is 3. The van der Waals surface area contributed by atoms with Crippen LogP contribution >= 0.6 is 11.3 Å². The molecule has 2 unspecified atom stereocenters. The van der Waals surface area contributed by atoms with E-state index < -0.39 is 0 Å². The smallest absolute Gasteiger partial charge is 0.271 e. The molecule has 4 rings (SSSR count). The number of amides is 1. The molecule has 2 atom stereocenters. The third kappa shape index (κ3) is 2.98. The van der Waals surface area contributed by atoms with Crippen LogP contribution < -0.4 is 5.32 Å². The molecule has 1 aliphatic rings. The van der Waals surface area contributed by atoms with E-state index in [2.05, 4.69) is 32.4 Å². The van der Waals surface area contributed by atoms with Crippen LogP contribution in [0, 0.1) is 0 Å². The Bertz CT molecular complexity index is 819. The fraction of sp³-hybridized carbons (Fsp3) is 0.176. The maximum absolute atomic E-state index is 12.3. The number of carbonyl (C=O) groups excluding carboxylic acids is 1. The zero-order valence-corrected chi connectivity index (χ0v) is 13.0. The summed E-state index contributed by atoms with van der Waals surface area (Å²) < 4.78 is 0. The van der Waals surface area contributed by atoms with E-state index in [-0.39, 0.29) is 11.9 Å². The number of benzene rings is 1. The van der Waals surface area contributed by atoms with E-state index in [1.807, 2.05) is 18.2 Å². The van der Waals surface area contributed by atoms with Crippen LogP contribution in [0.3, 0.4) is 0 Å². The molecular weight excluding hydrogens is 308 g/mol. The van der Waals surface area contributed by atoms with Crippen molar-refractivity contribution in [3.63, 3.8) is 0 Å². The van der Waals surface area contributed by atoms with E-state index in [9.17, 15) is 4.79 Å². The number of aromatic nitrogens is 3. The summed E-state index contributed by atoms with van der Waals surface area (Å²) in [6.07, 6.45) is 4.31. The molecule has 2 aromatic heterocycles. The Balaban J connectivity index is 1.42. The first kappa shape index (κ1) is 14.0. The second kappa shape index (κ2) is 5.89. The van der Waals surface area contributed by atoms with E-state index in [1.54, 1.807) is 23.8 Å². The summed E-state index contributed by atoms with van der Waals surface area (Å²) in [5.74, 6) is 0.827. The second-order valence-electron chi connectivity index (χ2n) is 5.44. The van der Waals surface area contributed by atoms with Crippen molar-refractivity contribution in [2.75, 3.05) is 0 Å². The molecule has 1 aromatic carbocycles. The average molecular weight is 322 g/mol. The molecule has 1 N–H and O–H groups in total. The average Bonchev–Trinajstić information content (AvgIpc) is 3.19. The van der Waals surface area contributed by atoms with Crippen LogP contribution in [-0.4, -0.2) is 26.9 Å². The monoisotopic (exact) mass is 322 g/mol. The number of carbonyl (C=O) groups is 1. The molecule has 23 heavy (non-hydrogen) atoms. The first-order valence-electron chi connectivity index (χ1n) is 7.40. The standard InChI is InChI=1S/C17H14N4OS/c22-16(20-13-9-12(13)11-5-2-1-3-6-11)14-10-23-17(21-14)15-18-7-4-8-19-15/h1-8,10,12-13H,9H2,(H,20,22). The quantitative estimate of drug-likeness (QED) is 0.802. The Kier molecular flexibility index (Phi) is 3.59. The van der Waals surface area contributed by atoms with Crippen molar-refractivity contribution in [2.24, 2.45) is 0 Å². The molecule has 1 amide bonds.